The van der Waals surface area contributed by atoms with Gasteiger partial charge in [0.25, 0.3) is 0 Å². The SMILES string of the molecule is CC(=O)OCC1O[C@H](Oc2ccc(I)cc2)C(OC(C)=O)[C@@H](OC(C)=O)[C@@H]1OC(C)=O. The Balaban J connectivity index is 2.43. The summed E-state index contributed by atoms with van der Waals surface area (Å²) in [6, 6.07) is 6.94. The molecule has 5 atom stereocenters. The van der Waals surface area contributed by atoms with Gasteiger partial charge in [0, 0.05) is 31.3 Å². The van der Waals surface area contributed by atoms with Crippen LogP contribution in [0.25, 0.3) is 0 Å². The van der Waals surface area contributed by atoms with Crippen molar-refractivity contribution in [2.45, 2.75) is 58.4 Å². The number of hydrogen-bond donors (Lipinski definition) is 0. The quantitative estimate of drug-likeness (QED) is 0.282. The van der Waals surface area contributed by atoms with E-state index in [9.17, 15) is 19.2 Å². The summed E-state index contributed by atoms with van der Waals surface area (Å²) in [7, 11) is 0. The van der Waals surface area contributed by atoms with Crippen LogP contribution in [0.3, 0.4) is 0 Å². The highest BCUT2D eigenvalue weighted by Gasteiger charge is 2.53. The summed E-state index contributed by atoms with van der Waals surface area (Å²) in [6.45, 7) is 4.36. The van der Waals surface area contributed by atoms with Crippen LogP contribution in [0.4, 0.5) is 0 Å². The predicted molar refractivity (Wildman–Crippen MR) is 112 cm³/mol. The van der Waals surface area contributed by atoms with E-state index in [0.29, 0.717) is 5.75 Å². The van der Waals surface area contributed by atoms with Crippen molar-refractivity contribution in [3.8, 4) is 5.75 Å². The molecule has 2 rings (SSSR count). The molecule has 0 radical (unpaired) electrons. The number of esters is 4. The first-order valence-corrected chi connectivity index (χ1v) is 10.4. The second-order valence-corrected chi connectivity index (χ2v) is 7.89. The Labute approximate surface area is 192 Å². The van der Waals surface area contributed by atoms with Gasteiger partial charge in [-0.15, -0.1) is 0 Å². The van der Waals surface area contributed by atoms with Crippen molar-refractivity contribution >= 4 is 46.5 Å². The van der Waals surface area contributed by atoms with Gasteiger partial charge in [-0.25, -0.2) is 0 Å². The van der Waals surface area contributed by atoms with Crippen molar-refractivity contribution in [3.05, 3.63) is 27.8 Å². The maximum atomic E-state index is 11.8. The van der Waals surface area contributed by atoms with E-state index < -0.39 is 54.6 Å². The lowest BCUT2D eigenvalue weighted by Gasteiger charge is -2.43. The van der Waals surface area contributed by atoms with Crippen LogP contribution >= 0.6 is 22.6 Å². The molecule has 1 aromatic carbocycles. The number of carbonyl (C=O) groups excluding carboxylic acids is 4. The average molecular weight is 550 g/mol. The fourth-order valence-electron chi connectivity index (χ4n) is 2.93. The van der Waals surface area contributed by atoms with E-state index in [4.69, 9.17) is 28.4 Å². The molecule has 0 amide bonds. The second kappa shape index (κ2) is 11.3. The summed E-state index contributed by atoms with van der Waals surface area (Å²) in [5, 5.41) is 0. The Morgan fingerprint density at radius 3 is 1.84 bits per heavy atom. The van der Waals surface area contributed by atoms with Gasteiger partial charge in [-0.1, -0.05) is 0 Å². The molecule has 0 aliphatic carbocycles. The third-order valence-corrected chi connectivity index (χ3v) is 4.73. The van der Waals surface area contributed by atoms with Gasteiger partial charge in [0.15, 0.2) is 12.2 Å². The number of benzene rings is 1. The Kier molecular flexibility index (Phi) is 9.04. The number of hydrogen-bond acceptors (Lipinski definition) is 10. The zero-order chi connectivity index (χ0) is 23.1. The Morgan fingerprint density at radius 1 is 0.806 bits per heavy atom. The normalized spacial score (nSPS) is 25.1. The molecule has 31 heavy (non-hydrogen) atoms. The molecule has 0 bridgehead atoms. The minimum atomic E-state index is -1.27. The lowest BCUT2D eigenvalue weighted by molar-refractivity contribution is -0.288. The van der Waals surface area contributed by atoms with Gasteiger partial charge in [-0.2, -0.15) is 0 Å². The fraction of sp³-hybridized carbons (Fsp3) is 0.500. The maximum Gasteiger partial charge on any atom is 0.303 e. The number of carbonyl (C=O) groups is 4. The molecule has 0 spiro atoms. The minimum Gasteiger partial charge on any atom is -0.463 e. The first-order valence-electron chi connectivity index (χ1n) is 9.29. The van der Waals surface area contributed by atoms with E-state index >= 15 is 0 Å². The molecule has 170 valence electrons. The molecular formula is C20H23IO10. The van der Waals surface area contributed by atoms with Crippen LogP contribution in [0.1, 0.15) is 27.7 Å². The molecule has 0 saturated carbocycles. The molecule has 1 fully saturated rings. The molecule has 0 aromatic heterocycles. The molecule has 1 aromatic rings. The highest BCUT2D eigenvalue weighted by atomic mass is 127. The van der Waals surface area contributed by atoms with Crippen LogP contribution in [0.2, 0.25) is 0 Å². The molecule has 0 N–H and O–H groups in total. The van der Waals surface area contributed by atoms with Gasteiger partial charge in [0.05, 0.1) is 0 Å². The first kappa shape index (κ1) is 24.9. The number of ether oxygens (including phenoxy) is 6. The molecule has 1 aliphatic rings. The zero-order valence-electron chi connectivity index (χ0n) is 17.4. The van der Waals surface area contributed by atoms with E-state index in [1.165, 1.54) is 13.8 Å². The van der Waals surface area contributed by atoms with Crippen molar-refractivity contribution in [1.29, 1.82) is 0 Å². The maximum absolute atomic E-state index is 11.8. The molecule has 1 heterocycles. The summed E-state index contributed by atoms with van der Waals surface area (Å²) in [5.74, 6) is -2.30. The molecule has 1 aliphatic heterocycles. The highest BCUT2D eigenvalue weighted by Crippen LogP contribution is 2.31. The van der Waals surface area contributed by atoms with Gasteiger partial charge in [0.1, 0.15) is 18.5 Å². The van der Waals surface area contributed by atoms with E-state index in [-0.39, 0.29) is 6.61 Å². The van der Waals surface area contributed by atoms with E-state index in [2.05, 4.69) is 22.6 Å². The molecule has 10 nitrogen and oxygen atoms in total. The van der Waals surface area contributed by atoms with Crippen molar-refractivity contribution in [1.82, 2.24) is 0 Å². The van der Waals surface area contributed by atoms with Crippen LogP contribution in [0.5, 0.6) is 5.75 Å². The molecule has 2 unspecified atom stereocenters. The van der Waals surface area contributed by atoms with E-state index in [1.54, 1.807) is 24.3 Å². The lowest BCUT2D eigenvalue weighted by atomic mass is 9.98. The average Bonchev–Trinajstić information content (AvgIpc) is 2.65. The van der Waals surface area contributed by atoms with Gasteiger partial charge in [-0.05, 0) is 46.9 Å². The van der Waals surface area contributed by atoms with Gasteiger partial charge >= 0.3 is 23.9 Å². The van der Waals surface area contributed by atoms with E-state index in [0.717, 1.165) is 17.4 Å². The fourth-order valence-corrected chi connectivity index (χ4v) is 3.29. The number of halogens is 1. The predicted octanol–water partition coefficient (Wildman–Crippen LogP) is 1.75. The standard InChI is InChI=1S/C20H23IO10/c1-10(22)26-9-16-17(27-11(2)23)18(28-12(3)24)19(29-13(4)25)20(31-16)30-15-7-5-14(21)6-8-15/h5-8,16-20H,9H2,1-4H3/t16?,17-,18+,19?,20+/m1/s1. The van der Waals surface area contributed by atoms with Gasteiger partial charge < -0.3 is 28.4 Å². The third kappa shape index (κ3) is 7.65. The van der Waals surface area contributed by atoms with E-state index in [1.807, 2.05) is 0 Å². The van der Waals surface area contributed by atoms with Crippen LogP contribution < -0.4 is 4.74 Å². The largest absolute Gasteiger partial charge is 0.463 e. The lowest BCUT2D eigenvalue weighted by Crippen LogP contribution is -2.63. The third-order valence-electron chi connectivity index (χ3n) is 4.01. The molecule has 11 heteroatoms. The van der Waals surface area contributed by atoms with Gasteiger partial charge in [0.2, 0.25) is 12.4 Å². The van der Waals surface area contributed by atoms with Crippen molar-refractivity contribution < 1.29 is 47.6 Å². The summed E-state index contributed by atoms with van der Waals surface area (Å²) in [4.78, 5) is 46.5. The Morgan fingerprint density at radius 2 is 1.32 bits per heavy atom. The van der Waals surface area contributed by atoms with Crippen LogP contribution in [0.15, 0.2) is 24.3 Å². The zero-order valence-corrected chi connectivity index (χ0v) is 19.5. The summed E-state index contributed by atoms with van der Waals surface area (Å²) in [5.41, 5.74) is 0. The second-order valence-electron chi connectivity index (χ2n) is 6.64. The molecular weight excluding hydrogens is 527 g/mol. The summed E-state index contributed by atoms with van der Waals surface area (Å²) >= 11 is 2.13. The van der Waals surface area contributed by atoms with Crippen LogP contribution in [-0.2, 0) is 42.9 Å². The van der Waals surface area contributed by atoms with Crippen LogP contribution in [0, 0.1) is 3.57 Å². The van der Waals surface area contributed by atoms with Crippen LogP contribution in [-0.4, -0.2) is 61.2 Å². The van der Waals surface area contributed by atoms with Crippen molar-refractivity contribution in [2.24, 2.45) is 0 Å². The Bertz CT molecular complexity index is 809. The first-order chi connectivity index (χ1) is 14.6. The van der Waals surface area contributed by atoms with Gasteiger partial charge in [-0.3, -0.25) is 19.2 Å². The highest BCUT2D eigenvalue weighted by molar-refractivity contribution is 14.1. The Hall–Kier alpha value is -2.41. The topological polar surface area (TPSA) is 124 Å². The summed E-state index contributed by atoms with van der Waals surface area (Å²) < 4.78 is 33.7. The smallest absolute Gasteiger partial charge is 0.303 e. The van der Waals surface area contributed by atoms with Crippen molar-refractivity contribution in [3.63, 3.8) is 0 Å². The molecule has 1 saturated heterocycles. The monoisotopic (exact) mass is 550 g/mol. The summed E-state index contributed by atoms with van der Waals surface area (Å²) in [6.07, 6.45) is -6.06. The van der Waals surface area contributed by atoms with Crippen molar-refractivity contribution in [2.75, 3.05) is 6.61 Å². The number of rotatable bonds is 7. The minimum absolute atomic E-state index is 0.315.